The number of carbonyl (C=O) groups is 1. The lowest BCUT2D eigenvalue weighted by Crippen LogP contribution is -2.15. The van der Waals surface area contributed by atoms with Crippen LogP contribution in [-0.4, -0.2) is 29.5 Å². The number of carboxylic acid groups (broad SMARTS) is 1. The molecule has 1 aromatic carbocycles. The van der Waals surface area contributed by atoms with Gasteiger partial charge in [-0.3, -0.25) is 4.79 Å². The van der Waals surface area contributed by atoms with Crippen molar-refractivity contribution in [3.8, 4) is 17.2 Å². The Morgan fingerprint density at radius 3 is 2.78 bits per heavy atom. The Bertz CT molecular complexity index is 446. The third kappa shape index (κ3) is 3.04. The molecule has 0 aliphatic carbocycles. The van der Waals surface area contributed by atoms with E-state index < -0.39 is 5.97 Å². The molecular weight excluding hydrogens is 238 g/mol. The highest BCUT2D eigenvalue weighted by atomic mass is 16.7. The molecule has 0 atom stereocenters. The van der Waals surface area contributed by atoms with Gasteiger partial charge in [-0.25, -0.2) is 0 Å². The van der Waals surface area contributed by atoms with Gasteiger partial charge in [0, 0.05) is 24.6 Å². The second-order valence-electron chi connectivity index (χ2n) is 4.01. The van der Waals surface area contributed by atoms with E-state index in [1.165, 1.54) is 6.07 Å². The number of benzene rings is 1. The number of hydrogen-bond donors (Lipinski definition) is 3. The Balaban J connectivity index is 1.84. The van der Waals surface area contributed by atoms with E-state index in [4.69, 9.17) is 14.6 Å². The molecule has 0 unspecified atom stereocenters. The summed E-state index contributed by atoms with van der Waals surface area (Å²) >= 11 is 0. The van der Waals surface area contributed by atoms with Crippen molar-refractivity contribution in [2.45, 2.75) is 19.4 Å². The molecule has 18 heavy (non-hydrogen) atoms. The van der Waals surface area contributed by atoms with Crippen molar-refractivity contribution >= 4 is 5.97 Å². The van der Waals surface area contributed by atoms with Crippen LogP contribution in [0.2, 0.25) is 0 Å². The second kappa shape index (κ2) is 5.59. The zero-order valence-electron chi connectivity index (χ0n) is 9.81. The van der Waals surface area contributed by atoms with Crippen LogP contribution in [0.3, 0.4) is 0 Å². The van der Waals surface area contributed by atoms with Crippen LogP contribution in [0.5, 0.6) is 17.2 Å². The standard InChI is InChI=1S/C12H15NO5/c14-9-5-11-10(17-7-18-11)4-8(9)6-13-3-1-2-12(15)16/h4-5,13-14H,1-3,6-7H2,(H,15,16). The van der Waals surface area contributed by atoms with E-state index in [2.05, 4.69) is 5.32 Å². The van der Waals surface area contributed by atoms with E-state index in [1.807, 2.05) is 0 Å². The lowest BCUT2D eigenvalue weighted by atomic mass is 10.1. The summed E-state index contributed by atoms with van der Waals surface area (Å²) in [7, 11) is 0. The van der Waals surface area contributed by atoms with Gasteiger partial charge in [0.15, 0.2) is 11.5 Å². The van der Waals surface area contributed by atoms with E-state index in [-0.39, 0.29) is 19.0 Å². The Morgan fingerprint density at radius 2 is 2.06 bits per heavy atom. The predicted octanol–water partition coefficient (Wildman–Crippen LogP) is 1.08. The highest BCUT2D eigenvalue weighted by molar-refractivity contribution is 5.66. The normalized spacial score (nSPS) is 12.7. The molecule has 6 nitrogen and oxygen atoms in total. The molecule has 0 saturated carbocycles. The van der Waals surface area contributed by atoms with E-state index in [0.717, 1.165) is 0 Å². The van der Waals surface area contributed by atoms with Crippen molar-refractivity contribution in [1.82, 2.24) is 5.32 Å². The largest absolute Gasteiger partial charge is 0.507 e. The monoisotopic (exact) mass is 253 g/mol. The number of aromatic hydroxyl groups is 1. The summed E-state index contributed by atoms with van der Waals surface area (Å²) in [5.41, 5.74) is 0.703. The van der Waals surface area contributed by atoms with E-state index >= 15 is 0 Å². The van der Waals surface area contributed by atoms with Crippen molar-refractivity contribution in [1.29, 1.82) is 0 Å². The summed E-state index contributed by atoms with van der Waals surface area (Å²) in [6.45, 7) is 1.21. The number of fused-ring (bicyclic) bond motifs is 1. The van der Waals surface area contributed by atoms with E-state index in [0.29, 0.717) is 36.6 Å². The molecule has 1 aromatic rings. The van der Waals surface area contributed by atoms with Gasteiger partial charge in [-0.05, 0) is 19.0 Å². The van der Waals surface area contributed by atoms with Crippen molar-refractivity contribution in [2.24, 2.45) is 0 Å². The molecule has 6 heteroatoms. The van der Waals surface area contributed by atoms with Crippen LogP contribution in [0.1, 0.15) is 18.4 Å². The number of hydrogen-bond acceptors (Lipinski definition) is 5. The molecule has 0 fully saturated rings. The fourth-order valence-electron chi connectivity index (χ4n) is 1.70. The van der Waals surface area contributed by atoms with Gasteiger partial charge in [0.2, 0.25) is 6.79 Å². The average molecular weight is 253 g/mol. The van der Waals surface area contributed by atoms with E-state index in [9.17, 15) is 9.90 Å². The quantitative estimate of drug-likeness (QED) is 0.657. The molecule has 0 bridgehead atoms. The maximum atomic E-state index is 10.3. The molecule has 2 rings (SSSR count). The Morgan fingerprint density at radius 1 is 1.33 bits per heavy atom. The van der Waals surface area contributed by atoms with Gasteiger partial charge in [0.1, 0.15) is 5.75 Å². The van der Waals surface area contributed by atoms with Crippen molar-refractivity contribution in [3.63, 3.8) is 0 Å². The summed E-state index contributed by atoms with van der Waals surface area (Å²) in [6.07, 6.45) is 0.695. The minimum Gasteiger partial charge on any atom is -0.507 e. The summed E-state index contributed by atoms with van der Waals surface area (Å²) in [5.74, 6) is 0.505. The summed E-state index contributed by atoms with van der Waals surface area (Å²) in [6, 6.07) is 3.25. The fraction of sp³-hybridized carbons (Fsp3) is 0.417. The third-order valence-electron chi connectivity index (χ3n) is 2.63. The molecule has 98 valence electrons. The number of phenols is 1. The topological polar surface area (TPSA) is 88.0 Å². The number of rotatable bonds is 6. The molecule has 1 heterocycles. The number of carboxylic acids is 1. The Hall–Kier alpha value is -1.95. The van der Waals surface area contributed by atoms with Crippen LogP contribution < -0.4 is 14.8 Å². The van der Waals surface area contributed by atoms with Crippen LogP contribution >= 0.6 is 0 Å². The summed E-state index contributed by atoms with van der Waals surface area (Å²) < 4.78 is 10.3. The van der Waals surface area contributed by atoms with Crippen LogP contribution in [0, 0.1) is 0 Å². The predicted molar refractivity (Wildman–Crippen MR) is 62.8 cm³/mol. The Kier molecular flexibility index (Phi) is 3.88. The van der Waals surface area contributed by atoms with Crippen LogP contribution in [0.15, 0.2) is 12.1 Å². The highest BCUT2D eigenvalue weighted by Gasteiger charge is 2.16. The number of phenolic OH excluding ortho intramolecular Hbond substituents is 1. The van der Waals surface area contributed by atoms with Crippen molar-refractivity contribution < 1.29 is 24.5 Å². The lowest BCUT2D eigenvalue weighted by molar-refractivity contribution is -0.137. The first-order valence-corrected chi connectivity index (χ1v) is 5.71. The van der Waals surface area contributed by atoms with Crippen LogP contribution in [0.25, 0.3) is 0 Å². The number of nitrogens with one attached hydrogen (secondary N) is 1. The molecule has 0 spiro atoms. The molecule has 1 aliphatic rings. The minimum absolute atomic E-state index is 0.139. The zero-order valence-corrected chi connectivity index (χ0v) is 9.81. The average Bonchev–Trinajstić information content (AvgIpc) is 2.75. The second-order valence-corrected chi connectivity index (χ2v) is 4.01. The molecule has 3 N–H and O–H groups in total. The SMILES string of the molecule is O=C(O)CCCNCc1cc2c(cc1O)OCO2. The van der Waals surface area contributed by atoms with Gasteiger partial charge >= 0.3 is 5.97 Å². The molecule has 0 aromatic heterocycles. The van der Waals surface area contributed by atoms with Gasteiger partial charge in [0.25, 0.3) is 0 Å². The highest BCUT2D eigenvalue weighted by Crippen LogP contribution is 2.37. The first-order valence-electron chi connectivity index (χ1n) is 5.71. The van der Waals surface area contributed by atoms with Gasteiger partial charge in [-0.1, -0.05) is 0 Å². The first-order chi connectivity index (χ1) is 8.66. The van der Waals surface area contributed by atoms with Gasteiger partial charge < -0.3 is 25.0 Å². The summed E-state index contributed by atoms with van der Waals surface area (Å²) in [4.78, 5) is 10.3. The summed E-state index contributed by atoms with van der Waals surface area (Å²) in [5, 5.41) is 21.3. The first kappa shape index (κ1) is 12.5. The maximum Gasteiger partial charge on any atom is 0.303 e. The lowest BCUT2D eigenvalue weighted by Gasteiger charge is -2.07. The van der Waals surface area contributed by atoms with Crippen molar-refractivity contribution in [2.75, 3.05) is 13.3 Å². The fourth-order valence-corrected chi connectivity index (χ4v) is 1.70. The van der Waals surface area contributed by atoms with Crippen LogP contribution in [-0.2, 0) is 11.3 Å². The molecular formula is C12H15NO5. The maximum absolute atomic E-state index is 10.3. The zero-order chi connectivity index (χ0) is 13.0. The molecule has 0 radical (unpaired) electrons. The van der Waals surface area contributed by atoms with Crippen LogP contribution in [0.4, 0.5) is 0 Å². The number of ether oxygens (including phenoxy) is 2. The van der Waals surface area contributed by atoms with Crippen molar-refractivity contribution in [3.05, 3.63) is 17.7 Å². The van der Waals surface area contributed by atoms with Gasteiger partial charge in [0.05, 0.1) is 0 Å². The number of aliphatic carboxylic acids is 1. The molecule has 0 saturated heterocycles. The minimum atomic E-state index is -0.803. The third-order valence-corrected chi connectivity index (χ3v) is 2.63. The van der Waals surface area contributed by atoms with Gasteiger partial charge in [-0.15, -0.1) is 0 Å². The van der Waals surface area contributed by atoms with E-state index in [1.54, 1.807) is 6.07 Å². The molecule has 1 aliphatic heterocycles. The Labute approximate surface area is 104 Å². The van der Waals surface area contributed by atoms with Gasteiger partial charge in [-0.2, -0.15) is 0 Å². The molecule has 0 amide bonds. The smallest absolute Gasteiger partial charge is 0.303 e.